The van der Waals surface area contributed by atoms with Gasteiger partial charge in [0.15, 0.2) is 0 Å². The number of nitrogens with zero attached hydrogens (tertiary/aromatic N) is 2. The number of hydrogen-bond acceptors (Lipinski definition) is 4. The summed E-state index contributed by atoms with van der Waals surface area (Å²) in [6.07, 6.45) is 4.81. The van der Waals surface area contributed by atoms with Crippen LogP contribution < -0.4 is 9.62 Å². The van der Waals surface area contributed by atoms with E-state index in [1.165, 1.54) is 23.1 Å². The SMILES string of the molecule is C[C@@H](C(=O)NC1CCCC1)N(Cc1ccc(Cl)cc1Cl)C(=O)CN(c1cc(Cl)cc(Cl)c1)S(C)(=O)=O. The Kier molecular flexibility index (Phi) is 9.80. The van der Waals surface area contributed by atoms with Gasteiger partial charge in [0.05, 0.1) is 11.9 Å². The average Bonchev–Trinajstić information content (AvgIpc) is 3.28. The fourth-order valence-corrected chi connectivity index (χ4v) is 5.92. The van der Waals surface area contributed by atoms with Gasteiger partial charge in [-0.15, -0.1) is 0 Å². The summed E-state index contributed by atoms with van der Waals surface area (Å²) in [5.41, 5.74) is 0.697. The van der Waals surface area contributed by atoms with Crippen molar-refractivity contribution < 1.29 is 18.0 Å². The van der Waals surface area contributed by atoms with Crippen LogP contribution in [0.2, 0.25) is 20.1 Å². The second-order valence-electron chi connectivity index (χ2n) is 8.82. The maximum Gasteiger partial charge on any atom is 0.244 e. The van der Waals surface area contributed by atoms with Gasteiger partial charge in [0.1, 0.15) is 12.6 Å². The number of hydrogen-bond donors (Lipinski definition) is 1. The van der Waals surface area contributed by atoms with Gasteiger partial charge in [-0.25, -0.2) is 8.42 Å². The molecule has 0 saturated heterocycles. The lowest BCUT2D eigenvalue weighted by atomic mass is 10.1. The molecular formula is C24H27Cl4N3O4S. The molecule has 0 spiro atoms. The molecule has 0 unspecified atom stereocenters. The minimum Gasteiger partial charge on any atom is -0.352 e. The Hall–Kier alpha value is -1.71. The third kappa shape index (κ3) is 7.65. The van der Waals surface area contributed by atoms with Crippen LogP contribution in [0.15, 0.2) is 36.4 Å². The molecule has 2 aromatic carbocycles. The maximum absolute atomic E-state index is 13.6. The summed E-state index contributed by atoms with van der Waals surface area (Å²) in [5.74, 6) is -0.923. The van der Waals surface area contributed by atoms with E-state index in [4.69, 9.17) is 46.4 Å². The Labute approximate surface area is 231 Å². The van der Waals surface area contributed by atoms with E-state index < -0.39 is 28.5 Å². The van der Waals surface area contributed by atoms with Crippen molar-refractivity contribution in [2.24, 2.45) is 0 Å². The minimum absolute atomic E-state index is 0.0258. The molecule has 0 heterocycles. The summed E-state index contributed by atoms with van der Waals surface area (Å²) in [5, 5.41) is 4.18. The van der Waals surface area contributed by atoms with Crippen molar-refractivity contribution in [3.05, 3.63) is 62.1 Å². The normalized spacial score (nSPS) is 14.9. The van der Waals surface area contributed by atoms with Gasteiger partial charge in [-0.1, -0.05) is 65.3 Å². The van der Waals surface area contributed by atoms with Gasteiger partial charge >= 0.3 is 0 Å². The van der Waals surface area contributed by atoms with E-state index in [0.717, 1.165) is 36.2 Å². The average molecular weight is 595 g/mol. The summed E-state index contributed by atoms with van der Waals surface area (Å²) in [6.45, 7) is 1.01. The molecule has 0 aliphatic heterocycles. The Morgan fingerprint density at radius 2 is 1.61 bits per heavy atom. The molecular weight excluding hydrogens is 568 g/mol. The second kappa shape index (κ2) is 12.2. The van der Waals surface area contributed by atoms with Gasteiger partial charge in [0, 0.05) is 32.7 Å². The summed E-state index contributed by atoms with van der Waals surface area (Å²) < 4.78 is 26.2. The van der Waals surface area contributed by atoms with E-state index in [9.17, 15) is 18.0 Å². The van der Waals surface area contributed by atoms with Crippen LogP contribution in [0.4, 0.5) is 5.69 Å². The quantitative estimate of drug-likeness (QED) is 0.413. The van der Waals surface area contributed by atoms with Crippen molar-refractivity contribution in [1.82, 2.24) is 10.2 Å². The topological polar surface area (TPSA) is 86.8 Å². The minimum atomic E-state index is -3.91. The molecule has 1 N–H and O–H groups in total. The number of carbonyl (C=O) groups excluding carboxylic acids is 2. The first kappa shape index (κ1) is 28.9. The summed E-state index contributed by atoms with van der Waals surface area (Å²) in [7, 11) is -3.91. The van der Waals surface area contributed by atoms with Crippen molar-refractivity contribution in [2.45, 2.75) is 51.2 Å². The molecule has 7 nitrogen and oxygen atoms in total. The highest BCUT2D eigenvalue weighted by Crippen LogP contribution is 2.28. The molecule has 1 aliphatic carbocycles. The second-order valence-corrected chi connectivity index (χ2v) is 12.4. The Bertz CT molecular complexity index is 1220. The maximum atomic E-state index is 13.6. The number of carbonyl (C=O) groups is 2. The first-order chi connectivity index (χ1) is 16.8. The van der Waals surface area contributed by atoms with E-state index in [0.29, 0.717) is 15.6 Å². The molecule has 196 valence electrons. The number of benzene rings is 2. The summed E-state index contributed by atoms with van der Waals surface area (Å²) >= 11 is 24.5. The van der Waals surface area contributed by atoms with E-state index in [1.54, 1.807) is 25.1 Å². The highest BCUT2D eigenvalue weighted by molar-refractivity contribution is 7.92. The zero-order chi connectivity index (χ0) is 26.6. The third-order valence-corrected chi connectivity index (χ3v) is 8.20. The standard InChI is InChI=1S/C24H27Cl4N3O4S/c1-15(24(33)29-20-5-3-4-6-20)30(13-16-7-8-17(25)12-22(16)28)23(32)14-31(36(2,34)35)21-10-18(26)9-19(27)11-21/h7-12,15,20H,3-6,13-14H2,1-2H3,(H,29,33)/t15-/m0/s1. The highest BCUT2D eigenvalue weighted by atomic mass is 35.5. The number of amides is 2. The Morgan fingerprint density at radius 1 is 1.00 bits per heavy atom. The van der Waals surface area contributed by atoms with Crippen LogP contribution in [0.5, 0.6) is 0 Å². The van der Waals surface area contributed by atoms with Gasteiger partial charge < -0.3 is 10.2 Å². The lowest BCUT2D eigenvalue weighted by Gasteiger charge is -2.32. The highest BCUT2D eigenvalue weighted by Gasteiger charge is 2.32. The molecule has 12 heteroatoms. The molecule has 1 fully saturated rings. The van der Waals surface area contributed by atoms with Gasteiger partial charge in [-0.3, -0.25) is 13.9 Å². The molecule has 36 heavy (non-hydrogen) atoms. The Morgan fingerprint density at radius 3 is 2.17 bits per heavy atom. The lowest BCUT2D eigenvalue weighted by molar-refractivity contribution is -0.139. The zero-order valence-electron chi connectivity index (χ0n) is 19.8. The van der Waals surface area contributed by atoms with Crippen molar-refractivity contribution in [1.29, 1.82) is 0 Å². The largest absolute Gasteiger partial charge is 0.352 e. The van der Waals surface area contributed by atoms with Crippen LogP contribution in [0.3, 0.4) is 0 Å². The fourth-order valence-electron chi connectivity index (χ4n) is 4.10. The zero-order valence-corrected chi connectivity index (χ0v) is 23.6. The molecule has 1 atom stereocenters. The number of halogens is 4. The Balaban J connectivity index is 1.93. The predicted molar refractivity (Wildman–Crippen MR) is 146 cm³/mol. The smallest absolute Gasteiger partial charge is 0.244 e. The molecule has 1 saturated carbocycles. The van der Waals surface area contributed by atoms with E-state index >= 15 is 0 Å². The van der Waals surface area contributed by atoms with Crippen molar-refractivity contribution in [2.75, 3.05) is 17.1 Å². The third-order valence-electron chi connectivity index (χ3n) is 6.04. The van der Waals surface area contributed by atoms with Crippen molar-refractivity contribution >= 4 is 73.9 Å². The predicted octanol–water partition coefficient (Wildman–Crippen LogP) is 5.54. The van der Waals surface area contributed by atoms with E-state index in [-0.39, 0.29) is 34.2 Å². The van der Waals surface area contributed by atoms with Crippen LogP contribution in [0.1, 0.15) is 38.2 Å². The molecule has 0 bridgehead atoms. The van der Waals surface area contributed by atoms with Crippen LogP contribution in [-0.4, -0.2) is 50.0 Å². The number of nitrogens with one attached hydrogen (secondary N) is 1. The molecule has 3 rings (SSSR count). The van der Waals surface area contributed by atoms with Gasteiger partial charge in [-0.2, -0.15) is 0 Å². The lowest BCUT2D eigenvalue weighted by Crippen LogP contribution is -2.52. The molecule has 2 aromatic rings. The first-order valence-electron chi connectivity index (χ1n) is 11.3. The van der Waals surface area contributed by atoms with Crippen molar-refractivity contribution in [3.63, 3.8) is 0 Å². The summed E-state index contributed by atoms with van der Waals surface area (Å²) in [4.78, 5) is 28.0. The van der Waals surface area contributed by atoms with E-state index in [2.05, 4.69) is 5.32 Å². The van der Waals surface area contributed by atoms with Crippen LogP contribution in [0.25, 0.3) is 0 Å². The van der Waals surface area contributed by atoms with Crippen LogP contribution in [0, 0.1) is 0 Å². The molecule has 0 radical (unpaired) electrons. The monoisotopic (exact) mass is 593 g/mol. The first-order valence-corrected chi connectivity index (χ1v) is 14.7. The van der Waals surface area contributed by atoms with Gasteiger partial charge in [0.2, 0.25) is 21.8 Å². The summed E-state index contributed by atoms with van der Waals surface area (Å²) in [6, 6.07) is 8.26. The van der Waals surface area contributed by atoms with Crippen LogP contribution >= 0.6 is 46.4 Å². The van der Waals surface area contributed by atoms with Gasteiger partial charge in [0.25, 0.3) is 0 Å². The fraction of sp³-hybridized carbons (Fsp3) is 0.417. The number of sulfonamides is 1. The van der Waals surface area contributed by atoms with E-state index in [1.807, 2.05) is 0 Å². The number of rotatable bonds is 9. The van der Waals surface area contributed by atoms with Gasteiger partial charge in [-0.05, 0) is 55.7 Å². The molecule has 0 aromatic heterocycles. The molecule has 2 amide bonds. The molecule has 1 aliphatic rings. The van der Waals surface area contributed by atoms with Crippen molar-refractivity contribution in [3.8, 4) is 0 Å². The number of anilines is 1. The van der Waals surface area contributed by atoms with Crippen LogP contribution in [-0.2, 0) is 26.2 Å².